The van der Waals surface area contributed by atoms with Gasteiger partial charge in [0, 0.05) is 16.6 Å². The quantitative estimate of drug-likeness (QED) is 0.391. The number of halogens is 2. The highest BCUT2D eigenvalue weighted by molar-refractivity contribution is 9.10. The van der Waals surface area contributed by atoms with Crippen LogP contribution < -0.4 is 10.2 Å². The van der Waals surface area contributed by atoms with E-state index in [0.29, 0.717) is 15.9 Å². The van der Waals surface area contributed by atoms with E-state index in [1.807, 2.05) is 24.3 Å². The molecule has 130 valence electrons. The van der Waals surface area contributed by atoms with Crippen molar-refractivity contribution in [2.45, 2.75) is 6.92 Å². The molecule has 0 aliphatic rings. The lowest BCUT2D eigenvalue weighted by Crippen LogP contribution is -2.25. The lowest BCUT2D eigenvalue weighted by atomic mass is 10.1. The molecule has 0 saturated heterocycles. The maximum Gasteiger partial charge on any atom is 0.277 e. The predicted octanol–water partition coefficient (Wildman–Crippen LogP) is 4.04. The van der Waals surface area contributed by atoms with Crippen LogP contribution >= 0.6 is 31.9 Å². The zero-order chi connectivity index (χ0) is 18.4. The normalized spacial score (nSPS) is 11.1. The number of carbonyl (C=O) groups is 1. The summed E-state index contributed by atoms with van der Waals surface area (Å²) in [6, 6.07) is 11.5. The summed E-state index contributed by atoms with van der Waals surface area (Å²) in [5, 5.41) is 14.7. The summed E-state index contributed by atoms with van der Waals surface area (Å²) in [5.74, 6) is -0.115. The number of rotatable bonds is 6. The van der Waals surface area contributed by atoms with Gasteiger partial charge in [-0.15, -0.1) is 0 Å². The molecule has 0 unspecified atom stereocenters. The second-order valence-electron chi connectivity index (χ2n) is 4.90. The Morgan fingerprint density at radius 2 is 1.92 bits per heavy atom. The van der Waals surface area contributed by atoms with Crippen LogP contribution in [0.15, 0.2) is 56.5 Å². The van der Waals surface area contributed by atoms with Gasteiger partial charge in [-0.25, -0.2) is 5.43 Å². The Morgan fingerprint density at radius 1 is 1.24 bits per heavy atom. The average molecular weight is 471 g/mol. The van der Waals surface area contributed by atoms with Crippen LogP contribution in [-0.4, -0.2) is 23.1 Å². The fraction of sp³-hybridized carbons (Fsp3) is 0.125. The number of nitrogens with one attached hydrogen (secondary N) is 1. The van der Waals surface area contributed by atoms with E-state index < -0.39 is 10.8 Å². The number of benzene rings is 2. The highest BCUT2D eigenvalue weighted by Gasteiger charge is 2.11. The first kappa shape index (κ1) is 19.1. The van der Waals surface area contributed by atoms with Crippen molar-refractivity contribution in [3.8, 4) is 5.75 Å². The van der Waals surface area contributed by atoms with E-state index in [9.17, 15) is 14.9 Å². The van der Waals surface area contributed by atoms with Gasteiger partial charge in [-0.05, 0) is 46.6 Å². The van der Waals surface area contributed by atoms with E-state index in [0.717, 1.165) is 10.0 Å². The maximum absolute atomic E-state index is 11.8. The highest BCUT2D eigenvalue weighted by atomic mass is 79.9. The fourth-order valence-corrected chi connectivity index (χ4v) is 2.54. The lowest BCUT2D eigenvalue weighted by Gasteiger charge is -2.07. The summed E-state index contributed by atoms with van der Waals surface area (Å²) in [7, 11) is 0. The number of nitro groups is 1. The second kappa shape index (κ2) is 8.72. The lowest BCUT2D eigenvalue weighted by molar-refractivity contribution is -0.384. The molecule has 1 amide bonds. The monoisotopic (exact) mass is 469 g/mol. The molecule has 0 aromatic heterocycles. The molecule has 1 N–H and O–H groups in total. The van der Waals surface area contributed by atoms with Gasteiger partial charge in [0.2, 0.25) is 0 Å². The van der Waals surface area contributed by atoms with Crippen molar-refractivity contribution in [2.24, 2.45) is 5.10 Å². The van der Waals surface area contributed by atoms with Crippen LogP contribution in [0.4, 0.5) is 5.69 Å². The average Bonchev–Trinajstić information content (AvgIpc) is 2.59. The number of ether oxygens (including phenoxy) is 1. The van der Waals surface area contributed by atoms with Gasteiger partial charge in [-0.2, -0.15) is 5.10 Å². The Balaban J connectivity index is 1.91. The molecule has 25 heavy (non-hydrogen) atoms. The molecule has 0 radical (unpaired) electrons. The third kappa shape index (κ3) is 5.64. The van der Waals surface area contributed by atoms with Crippen molar-refractivity contribution < 1.29 is 14.5 Å². The van der Waals surface area contributed by atoms with Crippen molar-refractivity contribution in [1.82, 2.24) is 5.43 Å². The molecule has 0 heterocycles. The van der Waals surface area contributed by atoms with E-state index in [4.69, 9.17) is 4.74 Å². The summed E-state index contributed by atoms with van der Waals surface area (Å²) in [5.41, 5.74) is 3.86. The minimum Gasteiger partial charge on any atom is -0.483 e. The van der Waals surface area contributed by atoms with Crippen molar-refractivity contribution in [3.63, 3.8) is 0 Å². The van der Waals surface area contributed by atoms with Crippen molar-refractivity contribution >= 4 is 49.2 Å². The van der Waals surface area contributed by atoms with Gasteiger partial charge in [-0.3, -0.25) is 14.9 Å². The van der Waals surface area contributed by atoms with Crippen molar-refractivity contribution in [2.75, 3.05) is 6.61 Å². The SMILES string of the molecule is C/C(=N\NC(=O)COc1ccc([N+](=O)[O-])cc1Br)c1ccc(Br)cc1. The van der Waals surface area contributed by atoms with Gasteiger partial charge in [0.15, 0.2) is 6.61 Å². The molecular formula is C16H13Br2N3O4. The van der Waals surface area contributed by atoms with Crippen LogP contribution in [0, 0.1) is 10.1 Å². The van der Waals surface area contributed by atoms with Crippen LogP contribution in [0.5, 0.6) is 5.75 Å². The minimum absolute atomic E-state index is 0.0709. The van der Waals surface area contributed by atoms with E-state index in [-0.39, 0.29) is 12.3 Å². The van der Waals surface area contributed by atoms with Crippen molar-refractivity contribution in [1.29, 1.82) is 0 Å². The van der Waals surface area contributed by atoms with Gasteiger partial charge in [0.1, 0.15) is 5.75 Å². The first-order valence-corrected chi connectivity index (χ1v) is 8.61. The number of hydrogen-bond acceptors (Lipinski definition) is 5. The molecule has 2 aromatic carbocycles. The Labute approximate surface area is 160 Å². The fourth-order valence-electron chi connectivity index (χ4n) is 1.80. The van der Waals surface area contributed by atoms with Crippen LogP contribution in [0.2, 0.25) is 0 Å². The molecule has 0 saturated carbocycles. The summed E-state index contributed by atoms with van der Waals surface area (Å²) in [6.45, 7) is 1.50. The van der Waals surface area contributed by atoms with Gasteiger partial charge >= 0.3 is 0 Å². The predicted molar refractivity (Wildman–Crippen MR) is 101 cm³/mol. The van der Waals surface area contributed by atoms with Crippen LogP contribution in [0.3, 0.4) is 0 Å². The number of nitrogens with zero attached hydrogens (tertiary/aromatic N) is 2. The zero-order valence-electron chi connectivity index (χ0n) is 13.0. The van der Waals surface area contributed by atoms with Gasteiger partial charge in [0.25, 0.3) is 11.6 Å². The Morgan fingerprint density at radius 3 is 2.52 bits per heavy atom. The molecule has 9 heteroatoms. The molecule has 0 fully saturated rings. The first-order chi connectivity index (χ1) is 11.9. The zero-order valence-corrected chi connectivity index (χ0v) is 16.2. The van der Waals surface area contributed by atoms with E-state index in [2.05, 4.69) is 42.4 Å². The summed E-state index contributed by atoms with van der Waals surface area (Å²) < 4.78 is 6.68. The molecule has 0 bridgehead atoms. The number of hydrazone groups is 1. The molecular weight excluding hydrogens is 458 g/mol. The number of hydrogen-bond donors (Lipinski definition) is 1. The molecule has 2 rings (SSSR count). The number of amides is 1. The molecule has 0 spiro atoms. The molecule has 0 aliphatic carbocycles. The second-order valence-corrected chi connectivity index (χ2v) is 6.67. The van der Waals surface area contributed by atoms with Crippen LogP contribution in [0.1, 0.15) is 12.5 Å². The number of nitro benzene ring substituents is 1. The van der Waals surface area contributed by atoms with Gasteiger partial charge in [-0.1, -0.05) is 28.1 Å². The van der Waals surface area contributed by atoms with E-state index >= 15 is 0 Å². The first-order valence-electron chi connectivity index (χ1n) is 7.02. The highest BCUT2D eigenvalue weighted by Crippen LogP contribution is 2.28. The van der Waals surface area contributed by atoms with E-state index in [1.54, 1.807) is 6.92 Å². The largest absolute Gasteiger partial charge is 0.483 e. The number of carbonyl (C=O) groups excluding carboxylic acids is 1. The summed E-state index contributed by atoms with van der Waals surface area (Å²) in [6.07, 6.45) is 0. The van der Waals surface area contributed by atoms with Crippen molar-refractivity contribution in [3.05, 3.63) is 67.1 Å². The Hall–Kier alpha value is -2.26. The molecule has 0 aliphatic heterocycles. The summed E-state index contributed by atoms with van der Waals surface area (Å²) >= 11 is 6.52. The minimum atomic E-state index is -0.513. The smallest absolute Gasteiger partial charge is 0.277 e. The Kier molecular flexibility index (Phi) is 6.65. The molecule has 7 nitrogen and oxygen atoms in total. The van der Waals surface area contributed by atoms with Gasteiger partial charge in [0.05, 0.1) is 15.1 Å². The van der Waals surface area contributed by atoms with E-state index in [1.165, 1.54) is 18.2 Å². The Bertz CT molecular complexity index is 823. The standard InChI is InChI=1S/C16H13Br2N3O4/c1-10(11-2-4-12(17)5-3-11)19-20-16(22)9-25-15-7-6-13(21(23)24)8-14(15)18/h2-8H,9H2,1H3,(H,20,22)/b19-10+. The summed E-state index contributed by atoms with van der Waals surface area (Å²) in [4.78, 5) is 22.0. The molecule has 2 aromatic rings. The topological polar surface area (TPSA) is 93.8 Å². The third-order valence-electron chi connectivity index (χ3n) is 3.10. The van der Waals surface area contributed by atoms with Crippen LogP contribution in [0.25, 0.3) is 0 Å². The van der Waals surface area contributed by atoms with Gasteiger partial charge < -0.3 is 4.74 Å². The number of non-ortho nitro benzene ring substituents is 1. The third-order valence-corrected chi connectivity index (χ3v) is 4.24. The maximum atomic E-state index is 11.8. The molecule has 0 atom stereocenters. The van der Waals surface area contributed by atoms with Crippen LogP contribution in [-0.2, 0) is 4.79 Å².